The van der Waals surface area contributed by atoms with E-state index in [-0.39, 0.29) is 16.5 Å². The normalized spacial score (nSPS) is 10.8. The summed E-state index contributed by atoms with van der Waals surface area (Å²) in [5, 5.41) is 8.04. The second-order valence-corrected chi connectivity index (χ2v) is 6.57. The van der Waals surface area contributed by atoms with Crippen LogP contribution < -0.4 is 10.9 Å². The third kappa shape index (κ3) is 20.3. The molecule has 0 bridgehead atoms. The molecule has 0 aromatic heterocycles. The molecule has 2 N–H and O–H groups in total. The predicted octanol–water partition coefficient (Wildman–Crippen LogP) is 4.02. The first kappa shape index (κ1) is 26.2. The molecule has 0 aliphatic heterocycles. The van der Waals surface area contributed by atoms with E-state index < -0.39 is 0 Å². The number of rotatable bonds is 4. The maximum absolute atomic E-state index is 4.87. The number of hydrogen-bond acceptors (Lipinski definition) is 6. The molecule has 0 unspecified atom stereocenters. The van der Waals surface area contributed by atoms with Crippen molar-refractivity contribution in [3.05, 3.63) is 0 Å². The van der Waals surface area contributed by atoms with Crippen molar-refractivity contribution < 1.29 is 16.5 Å². The molecule has 0 aliphatic carbocycles. The first-order chi connectivity index (χ1) is 9.40. The summed E-state index contributed by atoms with van der Waals surface area (Å²) >= 11 is 12.7. The molecule has 0 rings (SSSR count). The number of hydrazone groups is 2. The number of nitrogens with zero attached hydrogens (tertiary/aromatic N) is 2. The average Bonchev–Trinajstić information content (AvgIpc) is 2.49. The van der Waals surface area contributed by atoms with Gasteiger partial charge in [0.1, 0.15) is 0 Å². The summed E-state index contributed by atoms with van der Waals surface area (Å²) in [6.07, 6.45) is 5.77. The zero-order chi connectivity index (χ0) is 16.0. The summed E-state index contributed by atoms with van der Waals surface area (Å²) in [6, 6.07) is 0. The van der Waals surface area contributed by atoms with Gasteiger partial charge >= 0.3 is 0 Å². The molecular weight excluding hydrogens is 387 g/mol. The average molecular weight is 411 g/mol. The van der Waals surface area contributed by atoms with E-state index in [2.05, 4.69) is 34.9 Å². The van der Waals surface area contributed by atoms with Crippen molar-refractivity contribution in [1.29, 1.82) is 0 Å². The molecule has 21 heavy (non-hydrogen) atoms. The molecule has 0 fully saturated rings. The van der Waals surface area contributed by atoms with Crippen LogP contribution in [-0.2, 0) is 16.5 Å². The quantitative estimate of drug-likeness (QED) is 0.316. The Balaban J connectivity index is -0.000000295. The Morgan fingerprint density at radius 2 is 1.14 bits per heavy atom. The minimum atomic E-state index is 0. The summed E-state index contributed by atoms with van der Waals surface area (Å²) in [4.78, 5) is 0. The molecule has 4 nitrogen and oxygen atoms in total. The summed E-state index contributed by atoms with van der Waals surface area (Å²) in [7, 11) is 0. The Morgan fingerprint density at radius 3 is 1.33 bits per heavy atom. The van der Waals surface area contributed by atoms with Gasteiger partial charge in [0.15, 0.2) is 8.64 Å². The smallest absolute Gasteiger partial charge is 0.153 e. The minimum absolute atomic E-state index is 0. The van der Waals surface area contributed by atoms with Gasteiger partial charge in [0.2, 0.25) is 0 Å². The van der Waals surface area contributed by atoms with Gasteiger partial charge in [-0.2, -0.15) is 10.2 Å². The maximum Gasteiger partial charge on any atom is 0.153 e. The van der Waals surface area contributed by atoms with Crippen molar-refractivity contribution in [2.24, 2.45) is 10.2 Å². The van der Waals surface area contributed by atoms with E-state index in [1.807, 2.05) is 26.4 Å². The van der Waals surface area contributed by atoms with Crippen LogP contribution in [-0.4, -0.2) is 32.6 Å². The van der Waals surface area contributed by atoms with Crippen molar-refractivity contribution in [2.75, 3.05) is 12.5 Å². The van der Waals surface area contributed by atoms with E-state index >= 15 is 0 Å². The second-order valence-electron chi connectivity index (χ2n) is 3.61. The third-order valence-electron chi connectivity index (χ3n) is 2.07. The zero-order valence-electron chi connectivity index (χ0n) is 13.3. The fraction of sp³-hybridized carbons (Fsp3) is 0.667. The van der Waals surface area contributed by atoms with Crippen molar-refractivity contribution in [1.82, 2.24) is 10.9 Å². The molecule has 126 valence electrons. The Bertz CT molecular complexity index is 325. The SMILES string of the molecule is CCC(C)=NNC(=S)SC.CCC(C)=NNC(=S)SC.[Ni]. The standard InChI is InChI=1S/2C6H12N2S2.Ni/c2*1-4-5(2)7-8-6(9)10-3;/h2*4H2,1-3H3,(H,8,9);. The molecule has 9 heteroatoms. The first-order valence-corrected chi connectivity index (χ1v) is 9.41. The van der Waals surface area contributed by atoms with Gasteiger partial charge in [-0.25, -0.2) is 0 Å². The van der Waals surface area contributed by atoms with Crippen LogP contribution in [0.3, 0.4) is 0 Å². The van der Waals surface area contributed by atoms with Crippen LogP contribution in [0.1, 0.15) is 40.5 Å². The van der Waals surface area contributed by atoms with Crippen LogP contribution >= 0.6 is 48.0 Å². The number of nitrogens with one attached hydrogen (secondary N) is 2. The van der Waals surface area contributed by atoms with E-state index in [1.54, 1.807) is 0 Å². The van der Waals surface area contributed by atoms with E-state index in [1.165, 1.54) is 23.5 Å². The van der Waals surface area contributed by atoms with Gasteiger partial charge in [-0.15, -0.1) is 0 Å². The van der Waals surface area contributed by atoms with Gasteiger partial charge in [0.25, 0.3) is 0 Å². The molecule has 0 spiro atoms. The molecule has 0 atom stereocenters. The topological polar surface area (TPSA) is 48.8 Å². The van der Waals surface area contributed by atoms with Crippen molar-refractivity contribution in [3.8, 4) is 0 Å². The second kappa shape index (κ2) is 18.4. The van der Waals surface area contributed by atoms with Gasteiger partial charge in [0.05, 0.1) is 0 Å². The molecule has 0 saturated heterocycles. The van der Waals surface area contributed by atoms with Gasteiger partial charge in [-0.3, -0.25) is 10.9 Å². The van der Waals surface area contributed by atoms with Gasteiger partial charge in [0, 0.05) is 27.9 Å². The van der Waals surface area contributed by atoms with Crippen LogP contribution in [0.25, 0.3) is 0 Å². The first-order valence-electron chi connectivity index (χ1n) is 6.15. The van der Waals surface area contributed by atoms with Crippen LogP contribution in [0, 0.1) is 0 Å². The molecule has 0 radical (unpaired) electrons. The predicted molar refractivity (Wildman–Crippen MR) is 105 cm³/mol. The van der Waals surface area contributed by atoms with Gasteiger partial charge < -0.3 is 0 Å². The Hall–Kier alpha value is 0.314. The summed E-state index contributed by atoms with van der Waals surface area (Å²) in [5.74, 6) is 0. The number of hydrogen-bond donors (Lipinski definition) is 2. The van der Waals surface area contributed by atoms with Crippen LogP contribution in [0.15, 0.2) is 10.2 Å². The van der Waals surface area contributed by atoms with Gasteiger partial charge in [-0.05, 0) is 39.2 Å². The number of thioether (sulfide) groups is 2. The monoisotopic (exact) mass is 410 g/mol. The minimum Gasteiger partial charge on any atom is -0.262 e. The molecule has 0 amide bonds. The van der Waals surface area contributed by atoms with Crippen LogP contribution in [0.5, 0.6) is 0 Å². The largest absolute Gasteiger partial charge is 0.262 e. The van der Waals surface area contributed by atoms with Crippen LogP contribution in [0.2, 0.25) is 0 Å². The molecule has 0 saturated carbocycles. The summed E-state index contributed by atoms with van der Waals surface area (Å²) < 4.78 is 1.43. The van der Waals surface area contributed by atoms with Crippen molar-refractivity contribution >= 4 is 68.0 Å². The van der Waals surface area contributed by atoms with E-state index in [4.69, 9.17) is 24.4 Å². The Labute approximate surface area is 158 Å². The maximum atomic E-state index is 4.87. The molecule has 0 aromatic carbocycles. The van der Waals surface area contributed by atoms with Crippen molar-refractivity contribution in [2.45, 2.75) is 40.5 Å². The van der Waals surface area contributed by atoms with Gasteiger partial charge in [-0.1, -0.05) is 61.8 Å². The van der Waals surface area contributed by atoms with E-state index in [0.29, 0.717) is 8.64 Å². The zero-order valence-corrected chi connectivity index (χ0v) is 17.5. The molecule has 0 heterocycles. The summed E-state index contributed by atoms with van der Waals surface area (Å²) in [6.45, 7) is 8.05. The van der Waals surface area contributed by atoms with E-state index in [0.717, 1.165) is 24.3 Å². The Morgan fingerprint density at radius 1 is 0.857 bits per heavy atom. The fourth-order valence-electron chi connectivity index (χ4n) is 0.532. The molecule has 0 aliphatic rings. The van der Waals surface area contributed by atoms with Crippen LogP contribution in [0.4, 0.5) is 0 Å². The molecular formula is C12H24N4NiS4. The summed E-state index contributed by atoms with van der Waals surface area (Å²) in [5.41, 5.74) is 7.66. The van der Waals surface area contributed by atoms with E-state index in [9.17, 15) is 0 Å². The third-order valence-corrected chi connectivity index (χ3v) is 4.18. The Kier molecular flexibility index (Phi) is 22.9. The van der Waals surface area contributed by atoms with Crippen molar-refractivity contribution in [3.63, 3.8) is 0 Å². The molecule has 0 aromatic rings. The number of thiocarbonyl (C=S) groups is 2. The fourth-order valence-corrected chi connectivity index (χ4v) is 0.897.